The maximum absolute atomic E-state index is 10.5. The summed E-state index contributed by atoms with van der Waals surface area (Å²) in [5.41, 5.74) is 11.9. The monoisotopic (exact) mass is 300 g/mol. The van der Waals surface area contributed by atoms with Crippen molar-refractivity contribution < 1.29 is 18.4 Å². The van der Waals surface area contributed by atoms with E-state index >= 15 is 0 Å². The second kappa shape index (κ2) is 9.93. The van der Waals surface area contributed by atoms with Crippen molar-refractivity contribution in [3.05, 3.63) is 35.4 Å². The summed E-state index contributed by atoms with van der Waals surface area (Å²) < 4.78 is 20.2. The van der Waals surface area contributed by atoms with E-state index in [9.17, 15) is 18.4 Å². The van der Waals surface area contributed by atoms with Crippen LogP contribution in [0.1, 0.15) is 24.0 Å². The summed E-state index contributed by atoms with van der Waals surface area (Å²) in [5, 5.41) is 0. The Morgan fingerprint density at radius 2 is 1.80 bits per heavy atom. The number of nitrogens with two attached hydrogens (primary N) is 2. The fourth-order valence-electron chi connectivity index (χ4n) is 1.30. The van der Waals surface area contributed by atoms with Crippen LogP contribution in [0, 0.1) is 6.92 Å². The van der Waals surface area contributed by atoms with Crippen LogP contribution in [0.3, 0.4) is 0 Å². The highest BCUT2D eigenvalue weighted by Gasteiger charge is 1.96. The van der Waals surface area contributed by atoms with Crippen LogP contribution in [0.2, 0.25) is 0 Å². The topological polar surface area (TPSA) is 138 Å². The fraction of sp³-hybridized carbons (Fsp3) is 0.333. The average molecular weight is 300 g/mol. The van der Waals surface area contributed by atoms with Gasteiger partial charge < -0.3 is 16.0 Å². The molecule has 0 aliphatic carbocycles. The van der Waals surface area contributed by atoms with E-state index in [4.69, 9.17) is 5.73 Å². The minimum Gasteiger partial charge on any atom is -0.755 e. The second-order valence-electron chi connectivity index (χ2n) is 4.01. The highest BCUT2D eigenvalue weighted by Crippen LogP contribution is 2.06. The third kappa shape index (κ3) is 11.2. The van der Waals surface area contributed by atoms with Crippen molar-refractivity contribution in [3.63, 3.8) is 0 Å². The zero-order chi connectivity index (χ0) is 15.5. The normalized spacial score (nSPS) is 10.9. The third-order valence-corrected chi connectivity index (χ3v) is 2.56. The molecule has 1 unspecified atom stereocenters. The van der Waals surface area contributed by atoms with E-state index in [2.05, 4.69) is 36.9 Å². The predicted molar refractivity (Wildman–Crippen MR) is 75.0 cm³/mol. The molecule has 5 N–H and O–H groups in total. The van der Waals surface area contributed by atoms with Gasteiger partial charge in [-0.05, 0) is 25.3 Å². The number of carbonyl (C=O) groups excluding carboxylic acids is 2. The van der Waals surface area contributed by atoms with Crippen molar-refractivity contribution in [2.45, 2.75) is 26.2 Å². The number of rotatable bonds is 5. The maximum Gasteiger partial charge on any atom is 0.323 e. The van der Waals surface area contributed by atoms with Gasteiger partial charge in [-0.1, -0.05) is 29.8 Å². The lowest BCUT2D eigenvalue weighted by atomic mass is 10.1. The van der Waals surface area contributed by atoms with Crippen LogP contribution < -0.4 is 16.2 Å². The smallest absolute Gasteiger partial charge is 0.323 e. The number of hydrogen-bond donors (Lipinski definition) is 3. The van der Waals surface area contributed by atoms with Gasteiger partial charge in [0.2, 0.25) is 5.91 Å². The highest BCUT2D eigenvalue weighted by molar-refractivity contribution is 7.77. The molecule has 3 amide bonds. The Morgan fingerprint density at radius 3 is 2.15 bits per heavy atom. The Labute approximate surface area is 120 Å². The van der Waals surface area contributed by atoms with Gasteiger partial charge in [-0.2, -0.15) is 0 Å². The molecule has 0 heterocycles. The molecule has 0 bridgehead atoms. The van der Waals surface area contributed by atoms with Crippen molar-refractivity contribution in [3.8, 4) is 0 Å². The first-order valence-electron chi connectivity index (χ1n) is 5.80. The summed E-state index contributed by atoms with van der Waals surface area (Å²) in [4.78, 5) is 20.0. The summed E-state index contributed by atoms with van der Waals surface area (Å²) in [5.74, 6) is -0.216. The highest BCUT2D eigenvalue weighted by atomic mass is 32.2. The molecule has 0 saturated carbocycles. The first-order chi connectivity index (χ1) is 9.31. The zero-order valence-electron chi connectivity index (χ0n) is 11.1. The molecular weight excluding hydrogens is 282 g/mol. The van der Waals surface area contributed by atoms with Gasteiger partial charge in [-0.15, -0.1) is 0 Å². The molecule has 0 radical (unpaired) electrons. The van der Waals surface area contributed by atoms with Gasteiger partial charge in [0, 0.05) is 17.7 Å². The largest absolute Gasteiger partial charge is 0.755 e. The van der Waals surface area contributed by atoms with E-state index in [-0.39, 0.29) is 5.91 Å². The number of urea groups is 1. The zero-order valence-corrected chi connectivity index (χ0v) is 11.9. The van der Waals surface area contributed by atoms with Gasteiger partial charge in [0.25, 0.3) is 0 Å². The Balaban J connectivity index is 0.000000441. The van der Waals surface area contributed by atoms with Gasteiger partial charge in [0.05, 0.1) is 0 Å². The number of carbonyl (C=O) groups is 2. The van der Waals surface area contributed by atoms with E-state index in [1.54, 1.807) is 0 Å². The number of benzene rings is 1. The van der Waals surface area contributed by atoms with Crippen LogP contribution in [0.15, 0.2) is 24.3 Å². The van der Waals surface area contributed by atoms with E-state index in [1.807, 2.05) is 0 Å². The van der Waals surface area contributed by atoms with Crippen LogP contribution in [-0.2, 0) is 22.5 Å². The molecule has 1 rings (SSSR count). The summed E-state index contributed by atoms with van der Waals surface area (Å²) in [6.07, 6.45) is 2.26. The van der Waals surface area contributed by atoms with E-state index < -0.39 is 17.3 Å². The molecule has 0 fully saturated rings. The summed E-state index contributed by atoms with van der Waals surface area (Å²) in [6, 6.07) is 7.28. The Bertz CT molecular complexity index is 450. The average Bonchev–Trinajstić information content (AvgIpc) is 2.30. The lowest BCUT2D eigenvalue weighted by Gasteiger charge is -2.00. The number of amides is 3. The first kappa shape index (κ1) is 18.1. The molecule has 112 valence electrons. The minimum atomic E-state index is -2.57. The van der Waals surface area contributed by atoms with Crippen molar-refractivity contribution >= 4 is 23.2 Å². The van der Waals surface area contributed by atoms with Gasteiger partial charge in [-0.3, -0.25) is 13.7 Å². The lowest BCUT2D eigenvalue weighted by molar-refractivity contribution is -0.118. The van der Waals surface area contributed by atoms with Crippen molar-refractivity contribution in [1.82, 2.24) is 4.72 Å². The molecule has 0 spiro atoms. The number of hydrogen-bond acceptors (Lipinski definition) is 4. The fourth-order valence-corrected chi connectivity index (χ4v) is 1.47. The van der Waals surface area contributed by atoms with Gasteiger partial charge in [-0.25, -0.2) is 4.79 Å². The number of aryl methyl sites for hydroxylation is 2. The van der Waals surface area contributed by atoms with Gasteiger partial charge in [0.1, 0.15) is 0 Å². The molecule has 7 nitrogen and oxygen atoms in total. The summed E-state index contributed by atoms with van der Waals surface area (Å²) >= 11 is -2.57. The van der Waals surface area contributed by atoms with Gasteiger partial charge in [0.15, 0.2) is 0 Å². The van der Waals surface area contributed by atoms with Crippen LogP contribution in [0.4, 0.5) is 4.79 Å². The van der Waals surface area contributed by atoms with Crippen LogP contribution in [-0.4, -0.2) is 20.7 Å². The molecule has 1 atom stereocenters. The SMILES string of the molecule is Cc1ccc(CCCC(N)=O)cc1.NC(=O)NS(=O)[O-]. The number of primary amides is 2. The van der Waals surface area contributed by atoms with Gasteiger partial charge >= 0.3 is 6.03 Å². The van der Waals surface area contributed by atoms with Crippen LogP contribution in [0.5, 0.6) is 0 Å². The second-order valence-corrected chi connectivity index (χ2v) is 4.68. The lowest BCUT2D eigenvalue weighted by Crippen LogP contribution is -2.30. The molecule has 0 aliphatic rings. The molecule has 0 saturated heterocycles. The molecule has 20 heavy (non-hydrogen) atoms. The van der Waals surface area contributed by atoms with Crippen molar-refractivity contribution in [2.75, 3.05) is 0 Å². The number of nitrogens with one attached hydrogen (secondary N) is 1. The molecule has 0 aromatic heterocycles. The Kier molecular flexibility index (Phi) is 8.97. The van der Waals surface area contributed by atoms with E-state index in [0.29, 0.717) is 6.42 Å². The molecule has 1 aromatic rings. The summed E-state index contributed by atoms with van der Waals surface area (Å²) in [7, 11) is 0. The van der Waals surface area contributed by atoms with Crippen LogP contribution >= 0.6 is 0 Å². The first-order valence-corrected chi connectivity index (χ1v) is 6.88. The molecule has 0 aliphatic heterocycles. The standard InChI is InChI=1S/C11H15NO.CH4N2O3S/c1-9-5-7-10(8-6-9)3-2-4-11(12)13;2-1(4)3-7(5)6/h5-8H,2-4H2,1H3,(H2,12,13);(H,5,6)(H3,2,3,4)/p-1. The van der Waals surface area contributed by atoms with E-state index in [1.165, 1.54) is 15.8 Å². The predicted octanol–water partition coefficient (Wildman–Crippen LogP) is 0.252. The molecule has 1 aromatic carbocycles. The molecular formula is C12H18N3O4S-. The molecule has 8 heteroatoms. The van der Waals surface area contributed by atoms with Crippen molar-refractivity contribution in [2.24, 2.45) is 11.5 Å². The third-order valence-electron chi connectivity index (χ3n) is 2.19. The van der Waals surface area contributed by atoms with Crippen LogP contribution in [0.25, 0.3) is 0 Å². The maximum atomic E-state index is 10.5. The summed E-state index contributed by atoms with van der Waals surface area (Å²) in [6.45, 7) is 2.06. The van der Waals surface area contributed by atoms with Crippen molar-refractivity contribution in [1.29, 1.82) is 0 Å². The van der Waals surface area contributed by atoms with E-state index in [0.717, 1.165) is 12.8 Å². The Hall–Kier alpha value is -1.93. The minimum absolute atomic E-state index is 0.216. The quantitative estimate of drug-likeness (QED) is 0.671. The Morgan fingerprint density at radius 1 is 1.25 bits per heavy atom.